The maximum absolute atomic E-state index is 11.8. The summed E-state index contributed by atoms with van der Waals surface area (Å²) in [7, 11) is 1.74. The van der Waals surface area contributed by atoms with Crippen molar-refractivity contribution in [2.75, 3.05) is 20.1 Å². The van der Waals surface area contributed by atoms with E-state index in [4.69, 9.17) is 4.74 Å². The Bertz CT molecular complexity index is 523. The van der Waals surface area contributed by atoms with Gasteiger partial charge >= 0.3 is 6.09 Å². The lowest BCUT2D eigenvalue weighted by atomic mass is 10.0. The van der Waals surface area contributed by atoms with Gasteiger partial charge in [0.05, 0.1) is 0 Å². The second-order valence-corrected chi connectivity index (χ2v) is 6.99. The Morgan fingerprint density at radius 1 is 1.39 bits per heavy atom. The molecule has 1 aromatic carbocycles. The molecule has 1 unspecified atom stereocenters. The Kier molecular flexibility index (Phi) is 6.88. The molecule has 0 bridgehead atoms. The maximum atomic E-state index is 11.8. The Morgan fingerprint density at radius 3 is 2.65 bits per heavy atom. The summed E-state index contributed by atoms with van der Waals surface area (Å²) in [6.45, 7) is 11.0. The van der Waals surface area contributed by atoms with Gasteiger partial charge in [0.2, 0.25) is 0 Å². The third kappa shape index (κ3) is 6.91. The monoisotopic (exact) mass is 322 g/mol. The lowest BCUT2D eigenvalue weighted by Gasteiger charge is -2.25. The molecule has 130 valence electrons. The van der Waals surface area contributed by atoms with Gasteiger partial charge in [-0.05, 0) is 53.7 Å². The van der Waals surface area contributed by atoms with Crippen LogP contribution < -0.4 is 5.32 Å². The van der Waals surface area contributed by atoms with Crippen LogP contribution in [-0.4, -0.2) is 41.8 Å². The fourth-order valence-electron chi connectivity index (χ4n) is 2.20. The van der Waals surface area contributed by atoms with E-state index in [-0.39, 0.29) is 12.1 Å². The van der Waals surface area contributed by atoms with Crippen molar-refractivity contribution in [3.63, 3.8) is 0 Å². The van der Waals surface area contributed by atoms with Gasteiger partial charge in [0, 0.05) is 25.2 Å². The van der Waals surface area contributed by atoms with Crippen LogP contribution in [0.3, 0.4) is 0 Å². The number of nitrogens with one attached hydrogen (secondary N) is 1. The molecule has 1 atom stereocenters. The number of carbonyl (C=O) groups excluding carboxylic acids is 1. The van der Waals surface area contributed by atoms with Crippen LogP contribution in [0.4, 0.5) is 4.79 Å². The molecule has 5 nitrogen and oxygen atoms in total. The van der Waals surface area contributed by atoms with Gasteiger partial charge in [-0.1, -0.05) is 17.7 Å². The maximum Gasteiger partial charge on any atom is 0.410 e. The van der Waals surface area contributed by atoms with E-state index in [0.29, 0.717) is 12.3 Å². The van der Waals surface area contributed by atoms with Crippen LogP contribution in [0, 0.1) is 6.92 Å². The lowest BCUT2D eigenvalue weighted by molar-refractivity contribution is 0.0297. The number of hydrogen-bond acceptors (Lipinski definition) is 4. The summed E-state index contributed by atoms with van der Waals surface area (Å²) >= 11 is 0. The first-order chi connectivity index (χ1) is 10.6. The SMILES string of the molecule is Cc1ccc(O)c(C(C)NCCCN(C)C(=O)OC(C)(C)C)c1. The van der Waals surface area contributed by atoms with E-state index in [9.17, 15) is 9.90 Å². The second-order valence-electron chi connectivity index (χ2n) is 6.99. The number of hydrogen-bond donors (Lipinski definition) is 2. The first-order valence-electron chi connectivity index (χ1n) is 8.07. The Balaban J connectivity index is 2.37. The van der Waals surface area contributed by atoms with Crippen molar-refractivity contribution in [1.82, 2.24) is 10.2 Å². The van der Waals surface area contributed by atoms with Gasteiger partial charge in [0.25, 0.3) is 0 Å². The van der Waals surface area contributed by atoms with Gasteiger partial charge in [-0.15, -0.1) is 0 Å². The van der Waals surface area contributed by atoms with Gasteiger partial charge in [-0.25, -0.2) is 4.79 Å². The summed E-state index contributed by atoms with van der Waals surface area (Å²) in [6.07, 6.45) is 0.508. The molecule has 0 aromatic heterocycles. The molecule has 1 aromatic rings. The van der Waals surface area contributed by atoms with Crippen LogP contribution in [0.25, 0.3) is 0 Å². The summed E-state index contributed by atoms with van der Waals surface area (Å²) < 4.78 is 5.31. The summed E-state index contributed by atoms with van der Waals surface area (Å²) in [6, 6.07) is 5.65. The number of carbonyl (C=O) groups is 1. The lowest BCUT2D eigenvalue weighted by Crippen LogP contribution is -2.35. The number of ether oxygens (including phenoxy) is 1. The summed E-state index contributed by atoms with van der Waals surface area (Å²) in [5.41, 5.74) is 1.54. The molecular weight excluding hydrogens is 292 g/mol. The summed E-state index contributed by atoms with van der Waals surface area (Å²) in [5.74, 6) is 0.307. The highest BCUT2D eigenvalue weighted by Gasteiger charge is 2.19. The zero-order valence-corrected chi connectivity index (χ0v) is 15.1. The quantitative estimate of drug-likeness (QED) is 0.786. The smallest absolute Gasteiger partial charge is 0.410 e. The van der Waals surface area contributed by atoms with Crippen LogP contribution >= 0.6 is 0 Å². The number of phenols is 1. The number of nitrogens with zero attached hydrogens (tertiary/aromatic N) is 1. The molecule has 0 radical (unpaired) electrons. The van der Waals surface area contributed by atoms with Gasteiger partial charge in [-0.3, -0.25) is 0 Å². The number of phenolic OH excluding ortho intramolecular Hbond substituents is 1. The molecular formula is C18H30N2O3. The molecule has 1 rings (SSSR count). The van der Waals surface area contributed by atoms with E-state index < -0.39 is 5.60 Å². The molecule has 0 aliphatic heterocycles. The van der Waals surface area contributed by atoms with E-state index in [1.165, 1.54) is 0 Å². The van der Waals surface area contributed by atoms with Gasteiger partial charge < -0.3 is 20.1 Å². The number of rotatable bonds is 6. The number of benzene rings is 1. The molecule has 0 heterocycles. The summed E-state index contributed by atoms with van der Waals surface area (Å²) in [4.78, 5) is 13.4. The third-order valence-corrected chi connectivity index (χ3v) is 3.48. The molecule has 0 aliphatic carbocycles. The van der Waals surface area contributed by atoms with Gasteiger partial charge in [0.1, 0.15) is 11.4 Å². The zero-order valence-electron chi connectivity index (χ0n) is 15.1. The van der Waals surface area contributed by atoms with E-state index in [0.717, 1.165) is 24.1 Å². The minimum atomic E-state index is -0.471. The Morgan fingerprint density at radius 2 is 2.04 bits per heavy atom. The molecule has 23 heavy (non-hydrogen) atoms. The van der Waals surface area contributed by atoms with Crippen molar-refractivity contribution in [3.05, 3.63) is 29.3 Å². The van der Waals surface area contributed by atoms with E-state index >= 15 is 0 Å². The second kappa shape index (κ2) is 8.20. The standard InChI is InChI=1S/C18H30N2O3/c1-13-8-9-16(21)15(12-13)14(2)19-10-7-11-20(6)17(22)23-18(3,4)5/h8-9,12,14,19,21H,7,10-11H2,1-6H3. The van der Waals surface area contributed by atoms with Crippen molar-refractivity contribution in [1.29, 1.82) is 0 Å². The van der Waals surface area contributed by atoms with Crippen molar-refractivity contribution < 1.29 is 14.6 Å². The van der Waals surface area contributed by atoms with Crippen LogP contribution in [0.2, 0.25) is 0 Å². The number of amides is 1. The van der Waals surface area contributed by atoms with Crippen molar-refractivity contribution in [3.8, 4) is 5.75 Å². The predicted molar refractivity (Wildman–Crippen MR) is 92.7 cm³/mol. The minimum absolute atomic E-state index is 0.0572. The van der Waals surface area contributed by atoms with Crippen LogP contribution in [0.1, 0.15) is 51.3 Å². The average molecular weight is 322 g/mol. The van der Waals surface area contributed by atoms with E-state index in [2.05, 4.69) is 5.32 Å². The zero-order chi connectivity index (χ0) is 17.6. The molecule has 0 saturated heterocycles. The number of aryl methyl sites for hydroxylation is 1. The highest BCUT2D eigenvalue weighted by molar-refractivity contribution is 5.67. The third-order valence-electron chi connectivity index (χ3n) is 3.48. The van der Waals surface area contributed by atoms with Gasteiger partial charge in [0.15, 0.2) is 0 Å². The molecule has 0 fully saturated rings. The Hall–Kier alpha value is -1.75. The Labute approximate surface area is 139 Å². The van der Waals surface area contributed by atoms with Crippen molar-refractivity contribution >= 4 is 6.09 Å². The van der Waals surface area contributed by atoms with E-state index in [1.807, 2.05) is 46.8 Å². The van der Waals surface area contributed by atoms with E-state index in [1.54, 1.807) is 18.0 Å². The summed E-state index contributed by atoms with van der Waals surface area (Å²) in [5, 5.41) is 13.3. The minimum Gasteiger partial charge on any atom is -0.508 e. The molecule has 0 aliphatic rings. The average Bonchev–Trinajstić information content (AvgIpc) is 2.43. The normalized spacial score (nSPS) is 12.8. The van der Waals surface area contributed by atoms with Gasteiger partial charge in [-0.2, -0.15) is 0 Å². The molecule has 5 heteroatoms. The van der Waals surface area contributed by atoms with Crippen LogP contribution in [0.15, 0.2) is 18.2 Å². The molecule has 1 amide bonds. The first kappa shape index (κ1) is 19.3. The molecule has 0 saturated carbocycles. The van der Waals surface area contributed by atoms with Crippen molar-refractivity contribution in [2.24, 2.45) is 0 Å². The van der Waals surface area contributed by atoms with Crippen LogP contribution in [-0.2, 0) is 4.74 Å². The largest absolute Gasteiger partial charge is 0.508 e. The topological polar surface area (TPSA) is 61.8 Å². The molecule has 2 N–H and O–H groups in total. The fourth-order valence-corrected chi connectivity index (χ4v) is 2.20. The molecule has 0 spiro atoms. The van der Waals surface area contributed by atoms with Crippen molar-refractivity contribution in [2.45, 2.75) is 52.7 Å². The fraction of sp³-hybridized carbons (Fsp3) is 0.611. The first-order valence-corrected chi connectivity index (χ1v) is 8.07. The number of aromatic hydroxyl groups is 1. The van der Waals surface area contributed by atoms with Crippen LogP contribution in [0.5, 0.6) is 5.75 Å². The predicted octanol–water partition coefficient (Wildman–Crippen LogP) is 3.61. The highest BCUT2D eigenvalue weighted by atomic mass is 16.6. The highest BCUT2D eigenvalue weighted by Crippen LogP contribution is 2.24.